The van der Waals surface area contributed by atoms with E-state index in [1.54, 1.807) is 16.8 Å². The van der Waals surface area contributed by atoms with Crippen LogP contribution in [0.4, 0.5) is 0 Å². The minimum absolute atomic E-state index is 0.0361. The van der Waals surface area contributed by atoms with Crippen molar-refractivity contribution >= 4 is 0 Å². The number of benzene rings is 1. The number of hydrogen-bond acceptors (Lipinski definition) is 3. The Bertz CT molecular complexity index is 836. The molecule has 3 aromatic rings. The predicted molar refractivity (Wildman–Crippen MR) is 89.4 cm³/mol. The summed E-state index contributed by atoms with van der Waals surface area (Å²) < 4.78 is 3.00. The van der Waals surface area contributed by atoms with Gasteiger partial charge in [-0.1, -0.05) is 43.3 Å². The Balaban J connectivity index is 2.13. The Kier molecular flexibility index (Phi) is 4.28. The maximum absolute atomic E-state index is 12.7. The molecule has 0 aliphatic carbocycles. The first-order valence-corrected chi connectivity index (χ1v) is 7.70. The van der Waals surface area contributed by atoms with Crippen LogP contribution in [0.1, 0.15) is 18.9 Å². The molecule has 118 valence electrons. The zero-order valence-electron chi connectivity index (χ0n) is 13.0. The summed E-state index contributed by atoms with van der Waals surface area (Å²) in [6.07, 6.45) is 2.46. The molecular formula is C18H19N3O2. The minimum Gasteiger partial charge on any atom is -0.493 e. The fourth-order valence-electron chi connectivity index (χ4n) is 2.68. The van der Waals surface area contributed by atoms with Crippen LogP contribution in [-0.2, 0) is 13.1 Å². The summed E-state index contributed by atoms with van der Waals surface area (Å²) in [5, 5.41) is 10.6. The second-order valence-electron chi connectivity index (χ2n) is 5.39. The van der Waals surface area contributed by atoms with Crippen molar-refractivity contribution in [2.45, 2.75) is 26.4 Å². The van der Waals surface area contributed by atoms with Gasteiger partial charge >= 0.3 is 5.69 Å². The van der Waals surface area contributed by atoms with Crippen molar-refractivity contribution in [1.82, 2.24) is 14.1 Å². The highest BCUT2D eigenvalue weighted by molar-refractivity contribution is 5.61. The molecule has 23 heavy (non-hydrogen) atoms. The molecule has 5 heteroatoms. The van der Waals surface area contributed by atoms with E-state index in [0.717, 1.165) is 12.0 Å². The minimum atomic E-state index is -0.214. The lowest BCUT2D eigenvalue weighted by molar-refractivity contribution is 0.423. The Morgan fingerprint density at radius 3 is 2.43 bits per heavy atom. The number of aromatic nitrogens is 3. The topological polar surface area (TPSA) is 60.0 Å². The fraction of sp³-hybridized carbons (Fsp3) is 0.222. The summed E-state index contributed by atoms with van der Waals surface area (Å²) in [5.41, 5.74) is 1.83. The number of hydrogen-bond donors (Lipinski definition) is 1. The number of nitrogens with zero attached hydrogens (tertiary/aromatic N) is 3. The van der Waals surface area contributed by atoms with Gasteiger partial charge in [0.25, 0.3) is 0 Å². The van der Waals surface area contributed by atoms with Crippen molar-refractivity contribution in [1.29, 1.82) is 0 Å². The van der Waals surface area contributed by atoms with Gasteiger partial charge in [0.05, 0.1) is 12.2 Å². The van der Waals surface area contributed by atoms with Gasteiger partial charge in [-0.2, -0.15) is 0 Å². The first-order chi connectivity index (χ1) is 11.2. The van der Waals surface area contributed by atoms with Gasteiger partial charge in [0.2, 0.25) is 5.88 Å². The van der Waals surface area contributed by atoms with Gasteiger partial charge in [0.1, 0.15) is 5.69 Å². The van der Waals surface area contributed by atoms with E-state index >= 15 is 0 Å². The number of imidazole rings is 1. The molecule has 0 radical (unpaired) electrons. The van der Waals surface area contributed by atoms with Crippen molar-refractivity contribution in [2.24, 2.45) is 0 Å². The van der Waals surface area contributed by atoms with E-state index in [1.807, 2.05) is 49.4 Å². The van der Waals surface area contributed by atoms with Crippen LogP contribution < -0.4 is 5.69 Å². The zero-order chi connectivity index (χ0) is 16.2. The van der Waals surface area contributed by atoms with Crippen LogP contribution in [-0.4, -0.2) is 19.2 Å². The van der Waals surface area contributed by atoms with Crippen LogP contribution >= 0.6 is 0 Å². The molecule has 0 saturated heterocycles. The predicted octanol–water partition coefficient (Wildman–Crippen LogP) is 2.88. The maximum Gasteiger partial charge on any atom is 0.331 e. The van der Waals surface area contributed by atoms with Crippen molar-refractivity contribution in [3.8, 4) is 17.3 Å². The summed E-state index contributed by atoms with van der Waals surface area (Å²) >= 11 is 0. The Morgan fingerprint density at radius 1 is 1.04 bits per heavy atom. The standard InChI is InChI=1S/C18H19N3O2/c1-2-12-20-16(15-10-6-7-11-19-15)17(22)21(18(20)23)13-14-8-4-3-5-9-14/h3-11,22H,2,12-13H2,1H3. The highest BCUT2D eigenvalue weighted by Crippen LogP contribution is 2.27. The molecule has 2 aromatic heterocycles. The lowest BCUT2D eigenvalue weighted by atomic mass is 10.2. The Hall–Kier alpha value is -2.82. The lowest BCUT2D eigenvalue weighted by Crippen LogP contribution is -2.25. The maximum atomic E-state index is 12.7. The second kappa shape index (κ2) is 6.52. The van der Waals surface area contributed by atoms with Gasteiger partial charge in [0, 0.05) is 12.7 Å². The van der Waals surface area contributed by atoms with Crippen LogP contribution in [0, 0.1) is 0 Å². The molecule has 0 aliphatic rings. The third-order valence-electron chi connectivity index (χ3n) is 3.74. The number of aromatic hydroxyl groups is 1. The first-order valence-electron chi connectivity index (χ1n) is 7.70. The summed E-state index contributed by atoms with van der Waals surface area (Å²) in [5.74, 6) is -0.0361. The Labute approximate surface area is 134 Å². The molecule has 0 unspecified atom stereocenters. The van der Waals surface area contributed by atoms with Crippen LogP contribution in [0.25, 0.3) is 11.4 Å². The highest BCUT2D eigenvalue weighted by atomic mass is 16.3. The van der Waals surface area contributed by atoms with E-state index in [4.69, 9.17) is 0 Å². The fourth-order valence-corrected chi connectivity index (χ4v) is 2.68. The van der Waals surface area contributed by atoms with Crippen LogP contribution in [0.2, 0.25) is 0 Å². The van der Waals surface area contributed by atoms with Crippen molar-refractivity contribution in [3.63, 3.8) is 0 Å². The molecule has 0 aliphatic heterocycles. The highest BCUT2D eigenvalue weighted by Gasteiger charge is 2.21. The zero-order valence-corrected chi connectivity index (χ0v) is 13.0. The molecule has 5 nitrogen and oxygen atoms in total. The van der Waals surface area contributed by atoms with Crippen LogP contribution in [0.3, 0.4) is 0 Å². The SMILES string of the molecule is CCCn1c(-c2ccccn2)c(O)n(Cc2ccccc2)c1=O. The average molecular weight is 309 g/mol. The smallest absolute Gasteiger partial charge is 0.331 e. The van der Waals surface area contributed by atoms with Gasteiger partial charge < -0.3 is 5.11 Å². The van der Waals surface area contributed by atoms with Gasteiger partial charge in [0.15, 0.2) is 0 Å². The lowest BCUT2D eigenvalue weighted by Gasteiger charge is -2.05. The van der Waals surface area contributed by atoms with E-state index in [9.17, 15) is 9.90 Å². The van der Waals surface area contributed by atoms with E-state index in [-0.39, 0.29) is 11.6 Å². The summed E-state index contributed by atoms with van der Waals surface area (Å²) in [4.78, 5) is 17.0. The molecule has 0 bridgehead atoms. The van der Waals surface area contributed by atoms with Gasteiger partial charge in [-0.15, -0.1) is 0 Å². The molecule has 0 fully saturated rings. The number of pyridine rings is 1. The quantitative estimate of drug-likeness (QED) is 0.788. The molecule has 2 heterocycles. The first kappa shape index (κ1) is 15.1. The van der Waals surface area contributed by atoms with Gasteiger partial charge in [-0.3, -0.25) is 14.1 Å². The molecule has 0 saturated carbocycles. The van der Waals surface area contributed by atoms with E-state index < -0.39 is 0 Å². The van der Waals surface area contributed by atoms with Crippen molar-refractivity contribution in [2.75, 3.05) is 0 Å². The normalized spacial score (nSPS) is 10.8. The van der Waals surface area contributed by atoms with E-state index in [2.05, 4.69) is 4.98 Å². The third-order valence-corrected chi connectivity index (χ3v) is 3.74. The molecule has 1 aromatic carbocycles. The summed E-state index contributed by atoms with van der Waals surface area (Å²) in [7, 11) is 0. The van der Waals surface area contributed by atoms with Crippen molar-refractivity contribution < 1.29 is 5.11 Å². The third kappa shape index (κ3) is 2.90. The molecule has 1 N–H and O–H groups in total. The van der Waals surface area contributed by atoms with Gasteiger partial charge in [-0.25, -0.2) is 4.79 Å². The molecule has 0 spiro atoms. The monoisotopic (exact) mass is 309 g/mol. The summed E-state index contributed by atoms with van der Waals surface area (Å²) in [6, 6.07) is 15.1. The average Bonchev–Trinajstić information content (AvgIpc) is 2.82. The largest absolute Gasteiger partial charge is 0.493 e. The molecule has 0 atom stereocenters. The summed E-state index contributed by atoms with van der Waals surface area (Å²) in [6.45, 7) is 2.88. The van der Waals surface area contributed by atoms with E-state index in [1.165, 1.54) is 4.57 Å². The van der Waals surface area contributed by atoms with Crippen LogP contribution in [0.15, 0.2) is 59.5 Å². The van der Waals surface area contributed by atoms with Gasteiger partial charge in [-0.05, 0) is 24.1 Å². The number of rotatable bonds is 5. The van der Waals surface area contributed by atoms with Crippen LogP contribution in [0.5, 0.6) is 5.88 Å². The molecule has 0 amide bonds. The van der Waals surface area contributed by atoms with E-state index in [0.29, 0.717) is 24.5 Å². The second-order valence-corrected chi connectivity index (χ2v) is 5.39. The molecular weight excluding hydrogens is 290 g/mol. The Morgan fingerprint density at radius 2 is 1.78 bits per heavy atom. The van der Waals surface area contributed by atoms with Crippen molar-refractivity contribution in [3.05, 3.63) is 70.8 Å². The molecule has 3 rings (SSSR count).